The molecule has 1 amide bonds. The Morgan fingerprint density at radius 3 is 2.47 bits per heavy atom. The van der Waals surface area contributed by atoms with Crippen LogP contribution in [0.3, 0.4) is 0 Å². The first-order valence-corrected chi connectivity index (χ1v) is 5.36. The zero-order valence-electron chi connectivity index (χ0n) is 9.14. The quantitative estimate of drug-likeness (QED) is 0.683. The largest absolute Gasteiger partial charge is 0.416 e. The highest BCUT2D eigenvalue weighted by atomic mass is 19.4. The number of hydrogen-bond donors (Lipinski definition) is 0. The number of alkyl halides is 3. The van der Waals surface area contributed by atoms with E-state index in [0.717, 1.165) is 12.1 Å². The lowest BCUT2D eigenvalue weighted by atomic mass is 9.96. The maximum Gasteiger partial charge on any atom is 0.416 e. The highest BCUT2D eigenvalue weighted by molar-refractivity contribution is 6.09. The molecule has 1 aliphatic carbocycles. The summed E-state index contributed by atoms with van der Waals surface area (Å²) in [7, 11) is 1.61. The van der Waals surface area contributed by atoms with Gasteiger partial charge in [-0.3, -0.25) is 4.79 Å². The molecule has 1 aliphatic heterocycles. The van der Waals surface area contributed by atoms with E-state index in [1.807, 2.05) is 0 Å². The van der Waals surface area contributed by atoms with E-state index in [9.17, 15) is 18.0 Å². The van der Waals surface area contributed by atoms with Gasteiger partial charge in [-0.2, -0.15) is 13.2 Å². The third-order valence-electron chi connectivity index (χ3n) is 3.66. The molecular weight excluding hydrogens is 231 g/mol. The van der Waals surface area contributed by atoms with Crippen LogP contribution < -0.4 is 4.90 Å². The van der Waals surface area contributed by atoms with Crippen LogP contribution in [-0.2, 0) is 16.4 Å². The van der Waals surface area contributed by atoms with Crippen molar-refractivity contribution in [1.82, 2.24) is 0 Å². The Hall–Kier alpha value is -1.52. The van der Waals surface area contributed by atoms with Gasteiger partial charge in [0.25, 0.3) is 0 Å². The Labute approximate surface area is 96.0 Å². The van der Waals surface area contributed by atoms with Crippen molar-refractivity contribution in [1.29, 1.82) is 0 Å². The van der Waals surface area contributed by atoms with Gasteiger partial charge in [-0.05, 0) is 36.6 Å². The van der Waals surface area contributed by atoms with Gasteiger partial charge in [0.05, 0.1) is 11.0 Å². The predicted molar refractivity (Wildman–Crippen MR) is 55.8 cm³/mol. The SMILES string of the molecule is CN1C(=O)C2(CC2)c2cc(C(F)(F)F)ccc21. The van der Waals surface area contributed by atoms with Crippen LogP contribution in [0, 0.1) is 0 Å². The minimum absolute atomic E-state index is 0.0770. The van der Waals surface area contributed by atoms with Crippen molar-refractivity contribution in [3.05, 3.63) is 29.3 Å². The van der Waals surface area contributed by atoms with Gasteiger partial charge in [0.1, 0.15) is 0 Å². The van der Waals surface area contributed by atoms with E-state index in [2.05, 4.69) is 0 Å². The summed E-state index contributed by atoms with van der Waals surface area (Å²) in [6, 6.07) is 3.55. The van der Waals surface area contributed by atoms with Gasteiger partial charge < -0.3 is 4.90 Å². The van der Waals surface area contributed by atoms with Crippen molar-refractivity contribution >= 4 is 11.6 Å². The fourth-order valence-corrected chi connectivity index (χ4v) is 2.54. The van der Waals surface area contributed by atoms with E-state index in [0.29, 0.717) is 24.1 Å². The molecule has 2 aliphatic rings. The van der Waals surface area contributed by atoms with Crippen LogP contribution >= 0.6 is 0 Å². The van der Waals surface area contributed by atoms with Crippen molar-refractivity contribution in [2.75, 3.05) is 11.9 Å². The summed E-state index contributed by atoms with van der Waals surface area (Å²) < 4.78 is 37.9. The monoisotopic (exact) mass is 241 g/mol. The number of anilines is 1. The molecular formula is C12H10F3NO. The Bertz CT molecular complexity index is 517. The Balaban J connectivity index is 2.17. The van der Waals surface area contributed by atoms with Crippen molar-refractivity contribution in [3.8, 4) is 0 Å². The molecule has 0 bridgehead atoms. The van der Waals surface area contributed by atoms with Crippen LogP contribution in [0.4, 0.5) is 18.9 Å². The molecule has 17 heavy (non-hydrogen) atoms. The van der Waals surface area contributed by atoms with E-state index in [4.69, 9.17) is 0 Å². The number of rotatable bonds is 0. The maximum atomic E-state index is 12.6. The van der Waals surface area contributed by atoms with E-state index in [1.54, 1.807) is 7.05 Å². The molecule has 3 rings (SSSR count). The number of likely N-dealkylation sites (N-methyl/N-ethyl adjacent to an activating group) is 1. The van der Waals surface area contributed by atoms with Crippen molar-refractivity contribution in [2.24, 2.45) is 0 Å². The van der Waals surface area contributed by atoms with Crippen LogP contribution in [0.2, 0.25) is 0 Å². The minimum Gasteiger partial charge on any atom is -0.314 e. The zero-order valence-corrected chi connectivity index (χ0v) is 9.14. The predicted octanol–water partition coefficient (Wildman–Crippen LogP) is 2.71. The van der Waals surface area contributed by atoms with Crippen LogP contribution in [0.5, 0.6) is 0 Å². The first-order valence-electron chi connectivity index (χ1n) is 5.36. The summed E-state index contributed by atoms with van der Waals surface area (Å²) >= 11 is 0. The molecule has 0 radical (unpaired) electrons. The number of amides is 1. The molecule has 1 aromatic rings. The van der Waals surface area contributed by atoms with Crippen LogP contribution in [-0.4, -0.2) is 13.0 Å². The molecule has 2 nitrogen and oxygen atoms in total. The first kappa shape index (κ1) is 10.6. The molecule has 1 aromatic carbocycles. The van der Waals surface area contributed by atoms with Crippen molar-refractivity contribution in [2.45, 2.75) is 24.4 Å². The lowest BCUT2D eigenvalue weighted by molar-refractivity contribution is -0.137. The normalized spacial score (nSPS) is 20.9. The molecule has 90 valence electrons. The van der Waals surface area contributed by atoms with Crippen molar-refractivity contribution in [3.63, 3.8) is 0 Å². The summed E-state index contributed by atoms with van der Waals surface area (Å²) in [5.41, 5.74) is -0.170. The Morgan fingerprint density at radius 1 is 1.29 bits per heavy atom. The zero-order chi connectivity index (χ0) is 12.4. The second-order valence-corrected chi connectivity index (χ2v) is 4.68. The number of nitrogens with zero attached hydrogens (tertiary/aromatic N) is 1. The van der Waals surface area contributed by atoms with Gasteiger partial charge in [0.2, 0.25) is 5.91 Å². The van der Waals surface area contributed by atoms with E-state index in [1.165, 1.54) is 11.0 Å². The van der Waals surface area contributed by atoms with E-state index in [-0.39, 0.29) is 5.91 Å². The van der Waals surface area contributed by atoms with Crippen molar-refractivity contribution < 1.29 is 18.0 Å². The number of hydrogen-bond acceptors (Lipinski definition) is 1. The van der Waals surface area contributed by atoms with Gasteiger partial charge in [-0.1, -0.05) is 0 Å². The molecule has 5 heteroatoms. The molecule has 1 saturated carbocycles. The molecule has 0 N–H and O–H groups in total. The van der Waals surface area contributed by atoms with Gasteiger partial charge in [-0.15, -0.1) is 0 Å². The topological polar surface area (TPSA) is 20.3 Å². The molecule has 0 atom stereocenters. The lowest BCUT2D eigenvalue weighted by Gasteiger charge is -2.11. The standard InChI is InChI=1S/C12H10F3NO/c1-16-9-3-2-7(12(13,14)15)6-8(9)11(4-5-11)10(16)17/h2-3,6H,4-5H2,1H3. The molecule has 0 saturated heterocycles. The Kier molecular flexibility index (Phi) is 1.77. The van der Waals surface area contributed by atoms with E-state index < -0.39 is 17.2 Å². The summed E-state index contributed by atoms with van der Waals surface area (Å²) in [6.45, 7) is 0. The fourth-order valence-electron chi connectivity index (χ4n) is 2.54. The van der Waals surface area contributed by atoms with Gasteiger partial charge in [0, 0.05) is 12.7 Å². The third kappa shape index (κ3) is 1.25. The summed E-state index contributed by atoms with van der Waals surface area (Å²) in [4.78, 5) is 13.4. The number of benzene rings is 1. The van der Waals surface area contributed by atoms with Gasteiger partial charge in [0.15, 0.2) is 0 Å². The molecule has 0 unspecified atom stereocenters. The average molecular weight is 241 g/mol. The highest BCUT2D eigenvalue weighted by Crippen LogP contribution is 2.57. The first-order chi connectivity index (χ1) is 7.86. The van der Waals surface area contributed by atoms with Crippen LogP contribution in [0.1, 0.15) is 24.0 Å². The van der Waals surface area contributed by atoms with Crippen LogP contribution in [0.15, 0.2) is 18.2 Å². The fraction of sp³-hybridized carbons (Fsp3) is 0.417. The summed E-state index contributed by atoms with van der Waals surface area (Å²) in [5, 5.41) is 0. The Morgan fingerprint density at radius 2 is 1.94 bits per heavy atom. The number of fused-ring (bicyclic) bond motifs is 2. The summed E-state index contributed by atoms with van der Waals surface area (Å²) in [5.74, 6) is -0.0770. The number of carbonyl (C=O) groups is 1. The number of carbonyl (C=O) groups excluding carboxylic acids is 1. The molecule has 0 aromatic heterocycles. The number of halogens is 3. The lowest BCUT2D eigenvalue weighted by Crippen LogP contribution is -2.27. The third-order valence-corrected chi connectivity index (χ3v) is 3.66. The van der Waals surface area contributed by atoms with E-state index >= 15 is 0 Å². The highest BCUT2D eigenvalue weighted by Gasteiger charge is 2.58. The maximum absolute atomic E-state index is 12.6. The van der Waals surface area contributed by atoms with Gasteiger partial charge >= 0.3 is 6.18 Å². The average Bonchev–Trinajstić information content (AvgIpc) is 3.02. The minimum atomic E-state index is -4.35. The van der Waals surface area contributed by atoms with Gasteiger partial charge in [-0.25, -0.2) is 0 Å². The molecule has 1 fully saturated rings. The second-order valence-electron chi connectivity index (χ2n) is 4.68. The summed E-state index contributed by atoms with van der Waals surface area (Å²) in [6.07, 6.45) is -3.04. The molecule has 1 spiro atoms. The second kappa shape index (κ2) is 2.83. The molecule has 1 heterocycles. The van der Waals surface area contributed by atoms with Crippen LogP contribution in [0.25, 0.3) is 0 Å². The smallest absolute Gasteiger partial charge is 0.314 e.